The number of carbonyl (C=O) groups excluding carboxylic acids is 4. The molecule has 0 spiro atoms. The maximum atomic E-state index is 13.1. The summed E-state index contributed by atoms with van der Waals surface area (Å²) < 4.78 is 9.94. The largest absolute Gasteiger partial charge is 0.467 e. The van der Waals surface area contributed by atoms with Gasteiger partial charge in [0.05, 0.1) is 7.11 Å². The van der Waals surface area contributed by atoms with Gasteiger partial charge in [0.25, 0.3) is 0 Å². The highest BCUT2D eigenvalue weighted by Crippen LogP contribution is 2.10. The Morgan fingerprint density at radius 1 is 0.970 bits per heavy atom. The lowest BCUT2D eigenvalue weighted by Crippen LogP contribution is -2.56. The van der Waals surface area contributed by atoms with E-state index in [-0.39, 0.29) is 6.42 Å². The van der Waals surface area contributed by atoms with E-state index in [1.807, 2.05) is 36.6 Å². The van der Waals surface area contributed by atoms with Crippen LogP contribution in [0.25, 0.3) is 0 Å². The van der Waals surface area contributed by atoms with Gasteiger partial charge in [-0.25, -0.2) is 9.59 Å². The van der Waals surface area contributed by atoms with E-state index in [1.54, 1.807) is 20.8 Å². The quantitative estimate of drug-likeness (QED) is 0.413. The number of benzene rings is 1. The topological polar surface area (TPSA) is 123 Å². The average molecular weight is 482 g/mol. The number of hydrogen-bond acceptors (Lipinski definition) is 7. The third-order valence-electron chi connectivity index (χ3n) is 4.45. The number of methoxy groups -OCH3 is 1. The number of ether oxygens (including phenoxy) is 2. The molecule has 184 valence electrons. The molecule has 0 radical (unpaired) electrons. The van der Waals surface area contributed by atoms with Crippen LogP contribution in [0.4, 0.5) is 4.79 Å². The Kier molecular flexibility index (Phi) is 11.8. The standard InChI is InChI=1S/C23H35N3O6S/c1-15(21(29)31-5)24-19(27)17(12-13-33-6)25-20(28)18(14-16-10-8-7-9-11-16)26-22(30)32-23(2,3)4/h7-11,15,17-18H,12-14H2,1-6H3,(H,24,27)(H,25,28)(H,26,30)/t15-,17+,18-/m1/s1. The molecule has 0 aliphatic heterocycles. The zero-order valence-electron chi connectivity index (χ0n) is 20.1. The highest BCUT2D eigenvalue weighted by Gasteiger charge is 2.29. The highest BCUT2D eigenvalue weighted by molar-refractivity contribution is 7.98. The lowest BCUT2D eigenvalue weighted by Gasteiger charge is -2.25. The van der Waals surface area contributed by atoms with E-state index in [0.717, 1.165) is 5.56 Å². The van der Waals surface area contributed by atoms with E-state index in [9.17, 15) is 19.2 Å². The number of rotatable bonds is 11. The van der Waals surface area contributed by atoms with E-state index in [0.29, 0.717) is 12.2 Å². The first-order chi connectivity index (χ1) is 15.5. The summed E-state index contributed by atoms with van der Waals surface area (Å²) >= 11 is 1.52. The number of carbonyl (C=O) groups is 4. The Labute approximate surface area is 199 Å². The molecular formula is C23H35N3O6S. The monoisotopic (exact) mass is 481 g/mol. The van der Waals surface area contributed by atoms with Gasteiger partial charge in [-0.15, -0.1) is 0 Å². The molecule has 1 aromatic carbocycles. The second-order valence-corrected chi connectivity index (χ2v) is 9.47. The number of thioether (sulfide) groups is 1. The summed E-state index contributed by atoms with van der Waals surface area (Å²) in [7, 11) is 1.23. The molecule has 0 saturated carbocycles. The molecule has 0 unspecified atom stereocenters. The SMILES string of the molecule is COC(=O)[C@@H](C)NC(=O)[C@H](CCSC)NC(=O)[C@@H](Cc1ccccc1)NC(=O)OC(C)(C)C. The molecule has 1 rings (SSSR count). The first-order valence-corrected chi connectivity index (χ1v) is 12.1. The lowest BCUT2D eigenvalue weighted by atomic mass is 10.0. The van der Waals surface area contributed by atoms with Crippen LogP contribution in [0.1, 0.15) is 39.7 Å². The molecule has 9 nitrogen and oxygen atoms in total. The van der Waals surface area contributed by atoms with Gasteiger partial charge in [-0.1, -0.05) is 30.3 Å². The number of amides is 3. The van der Waals surface area contributed by atoms with Gasteiger partial charge in [0.15, 0.2) is 0 Å². The third-order valence-corrected chi connectivity index (χ3v) is 5.09. The summed E-state index contributed by atoms with van der Waals surface area (Å²) in [5.41, 5.74) is 0.0981. The van der Waals surface area contributed by atoms with Gasteiger partial charge < -0.3 is 25.4 Å². The summed E-state index contributed by atoms with van der Waals surface area (Å²) in [4.78, 5) is 49.9. The molecule has 0 fully saturated rings. The van der Waals surface area contributed by atoms with Crippen molar-refractivity contribution < 1.29 is 28.7 Å². The molecule has 0 bridgehead atoms. The predicted octanol–water partition coefficient (Wildman–Crippen LogP) is 2.04. The number of esters is 1. The molecular weight excluding hydrogens is 446 g/mol. The normalized spacial score (nSPS) is 13.8. The van der Waals surface area contributed by atoms with Gasteiger partial charge in [-0.05, 0) is 51.7 Å². The Morgan fingerprint density at radius 3 is 2.12 bits per heavy atom. The van der Waals surface area contributed by atoms with Crippen molar-refractivity contribution in [2.75, 3.05) is 19.1 Å². The van der Waals surface area contributed by atoms with Gasteiger partial charge in [0, 0.05) is 6.42 Å². The van der Waals surface area contributed by atoms with Crippen molar-refractivity contribution in [3.8, 4) is 0 Å². The molecule has 0 aromatic heterocycles. The van der Waals surface area contributed by atoms with E-state index in [4.69, 9.17) is 4.74 Å². The van der Waals surface area contributed by atoms with Crippen LogP contribution < -0.4 is 16.0 Å². The molecule has 3 atom stereocenters. The van der Waals surface area contributed by atoms with Crippen LogP contribution >= 0.6 is 11.8 Å². The Morgan fingerprint density at radius 2 is 1.58 bits per heavy atom. The van der Waals surface area contributed by atoms with Gasteiger partial charge >= 0.3 is 12.1 Å². The summed E-state index contributed by atoms with van der Waals surface area (Å²) in [6.07, 6.45) is 1.71. The van der Waals surface area contributed by atoms with Crippen LogP contribution in [0.15, 0.2) is 30.3 Å². The minimum absolute atomic E-state index is 0.210. The average Bonchev–Trinajstić information content (AvgIpc) is 2.74. The Bertz CT molecular complexity index is 797. The first kappa shape index (κ1) is 28.3. The Balaban J connectivity index is 3.00. The minimum Gasteiger partial charge on any atom is -0.467 e. The predicted molar refractivity (Wildman–Crippen MR) is 128 cm³/mol. The van der Waals surface area contributed by atoms with E-state index in [2.05, 4.69) is 20.7 Å². The van der Waals surface area contributed by atoms with Crippen molar-refractivity contribution in [3.05, 3.63) is 35.9 Å². The van der Waals surface area contributed by atoms with Gasteiger partial charge in [0.1, 0.15) is 23.7 Å². The zero-order valence-corrected chi connectivity index (χ0v) is 20.9. The first-order valence-electron chi connectivity index (χ1n) is 10.7. The highest BCUT2D eigenvalue weighted by atomic mass is 32.2. The molecule has 1 aromatic rings. The van der Waals surface area contributed by atoms with Crippen LogP contribution in [0, 0.1) is 0 Å². The smallest absolute Gasteiger partial charge is 0.408 e. The molecule has 3 N–H and O–H groups in total. The van der Waals surface area contributed by atoms with Crippen molar-refractivity contribution in [3.63, 3.8) is 0 Å². The van der Waals surface area contributed by atoms with Crippen LogP contribution in [-0.2, 0) is 30.3 Å². The fourth-order valence-corrected chi connectivity index (χ4v) is 3.31. The zero-order chi connectivity index (χ0) is 25.0. The van der Waals surface area contributed by atoms with Crippen LogP contribution in [0.3, 0.4) is 0 Å². The molecule has 0 saturated heterocycles. The van der Waals surface area contributed by atoms with Gasteiger partial charge in [0.2, 0.25) is 11.8 Å². The van der Waals surface area contributed by atoms with E-state index in [1.165, 1.54) is 25.8 Å². The van der Waals surface area contributed by atoms with Crippen LogP contribution in [0.2, 0.25) is 0 Å². The summed E-state index contributed by atoms with van der Waals surface area (Å²) in [5.74, 6) is -1.03. The second-order valence-electron chi connectivity index (χ2n) is 8.48. The second kappa shape index (κ2) is 13.7. The fraction of sp³-hybridized carbons (Fsp3) is 0.565. The number of alkyl carbamates (subject to hydrolysis) is 1. The van der Waals surface area contributed by atoms with E-state index >= 15 is 0 Å². The molecule has 0 aliphatic carbocycles. The van der Waals surface area contributed by atoms with Crippen molar-refractivity contribution >= 4 is 35.6 Å². The molecule has 10 heteroatoms. The fourth-order valence-electron chi connectivity index (χ4n) is 2.84. The van der Waals surface area contributed by atoms with Crippen molar-refractivity contribution in [2.24, 2.45) is 0 Å². The van der Waals surface area contributed by atoms with Crippen molar-refractivity contribution in [2.45, 2.75) is 64.3 Å². The van der Waals surface area contributed by atoms with Gasteiger partial charge in [-0.2, -0.15) is 11.8 Å². The van der Waals surface area contributed by atoms with Crippen molar-refractivity contribution in [1.29, 1.82) is 0 Å². The maximum Gasteiger partial charge on any atom is 0.408 e. The third kappa shape index (κ3) is 11.1. The molecule has 33 heavy (non-hydrogen) atoms. The Hall–Kier alpha value is -2.75. The van der Waals surface area contributed by atoms with Crippen LogP contribution in [-0.4, -0.2) is 66.7 Å². The van der Waals surface area contributed by atoms with Crippen LogP contribution in [0.5, 0.6) is 0 Å². The summed E-state index contributed by atoms with van der Waals surface area (Å²) in [5, 5.41) is 7.88. The summed E-state index contributed by atoms with van der Waals surface area (Å²) in [6.45, 7) is 6.68. The van der Waals surface area contributed by atoms with Crippen molar-refractivity contribution in [1.82, 2.24) is 16.0 Å². The van der Waals surface area contributed by atoms with E-state index < -0.39 is 47.6 Å². The minimum atomic E-state index is -0.968. The lowest BCUT2D eigenvalue weighted by molar-refractivity contribution is -0.144. The number of hydrogen-bond donors (Lipinski definition) is 3. The molecule has 0 aliphatic rings. The maximum absolute atomic E-state index is 13.1. The molecule has 3 amide bonds. The number of nitrogens with one attached hydrogen (secondary N) is 3. The summed E-state index contributed by atoms with van der Waals surface area (Å²) in [6, 6.07) is 6.48. The van der Waals surface area contributed by atoms with Gasteiger partial charge in [-0.3, -0.25) is 9.59 Å². The molecule has 0 heterocycles.